The van der Waals surface area contributed by atoms with Crippen LogP contribution in [0.15, 0.2) is 12.1 Å². The molecule has 1 aliphatic heterocycles. The molecule has 2 N–H and O–H groups in total. The molecule has 0 amide bonds. The van der Waals surface area contributed by atoms with Crippen LogP contribution in [0.4, 0.5) is 14.5 Å². The third kappa shape index (κ3) is 2.79. The largest absolute Gasteiger partial charge is 0.359 e. The Balaban J connectivity index is 2.21. The number of benzene rings is 1. The number of ether oxygens (including phenoxy) is 1. The average molecular weight is 240 g/mol. The summed E-state index contributed by atoms with van der Waals surface area (Å²) in [6, 6.07) is 1.95. The number of nitrogens with one attached hydrogen (secondary N) is 2. The molecule has 0 aromatic heterocycles. The predicted molar refractivity (Wildman–Crippen MR) is 61.5 cm³/mol. The standard InChI is InChI=1S/C12H14F2N2O/c13-8-5-10(14)9(7-15)11(6-8)16-12-3-1-2-4-17-12/h5-7,12,15-16H,1-4H2. The SMILES string of the molecule is N=Cc1c(F)cc(F)cc1NC1CCCCO1. The second-order valence-electron chi connectivity index (χ2n) is 3.99. The van der Waals surface area contributed by atoms with Crippen molar-refractivity contribution in [3.8, 4) is 0 Å². The minimum absolute atomic E-state index is 0.0561. The lowest BCUT2D eigenvalue weighted by Crippen LogP contribution is -2.27. The van der Waals surface area contributed by atoms with Crippen LogP contribution in [0.2, 0.25) is 0 Å². The summed E-state index contributed by atoms with van der Waals surface area (Å²) in [5.41, 5.74) is 0.324. The van der Waals surface area contributed by atoms with E-state index in [9.17, 15) is 8.78 Å². The van der Waals surface area contributed by atoms with E-state index in [0.29, 0.717) is 6.61 Å². The van der Waals surface area contributed by atoms with Gasteiger partial charge in [-0.1, -0.05) is 0 Å². The molecule has 3 nitrogen and oxygen atoms in total. The van der Waals surface area contributed by atoms with Crippen molar-refractivity contribution in [2.45, 2.75) is 25.5 Å². The van der Waals surface area contributed by atoms with Crippen LogP contribution in [0.5, 0.6) is 0 Å². The average Bonchev–Trinajstić information content (AvgIpc) is 2.30. The van der Waals surface area contributed by atoms with E-state index in [-0.39, 0.29) is 17.5 Å². The fourth-order valence-corrected chi connectivity index (χ4v) is 1.88. The van der Waals surface area contributed by atoms with Gasteiger partial charge in [0.2, 0.25) is 0 Å². The molecule has 92 valence electrons. The fourth-order valence-electron chi connectivity index (χ4n) is 1.88. The van der Waals surface area contributed by atoms with Crippen LogP contribution in [0.25, 0.3) is 0 Å². The van der Waals surface area contributed by atoms with Gasteiger partial charge in [0.05, 0.1) is 11.3 Å². The van der Waals surface area contributed by atoms with Gasteiger partial charge in [0.15, 0.2) is 0 Å². The second-order valence-corrected chi connectivity index (χ2v) is 3.99. The normalized spacial score (nSPS) is 20.0. The molecule has 1 aliphatic rings. The van der Waals surface area contributed by atoms with Gasteiger partial charge in [-0.3, -0.25) is 0 Å². The zero-order valence-electron chi connectivity index (χ0n) is 9.30. The van der Waals surface area contributed by atoms with Crippen molar-refractivity contribution >= 4 is 11.9 Å². The van der Waals surface area contributed by atoms with E-state index in [1.165, 1.54) is 6.07 Å². The molecule has 1 unspecified atom stereocenters. The predicted octanol–water partition coefficient (Wildman–Crippen LogP) is 2.90. The van der Waals surface area contributed by atoms with Crippen molar-refractivity contribution in [3.05, 3.63) is 29.3 Å². The summed E-state index contributed by atoms with van der Waals surface area (Å²) in [5.74, 6) is -1.40. The Bertz CT molecular complexity index is 417. The number of rotatable bonds is 3. The molecule has 1 atom stereocenters. The monoisotopic (exact) mass is 240 g/mol. The number of halogens is 2. The van der Waals surface area contributed by atoms with Gasteiger partial charge in [-0.05, 0) is 25.3 Å². The highest BCUT2D eigenvalue weighted by Gasteiger charge is 2.16. The molecule has 0 bridgehead atoms. The Morgan fingerprint density at radius 2 is 2.18 bits per heavy atom. The van der Waals surface area contributed by atoms with Crippen molar-refractivity contribution in [2.24, 2.45) is 0 Å². The van der Waals surface area contributed by atoms with Gasteiger partial charge in [0.1, 0.15) is 17.9 Å². The molecule has 2 rings (SSSR count). The summed E-state index contributed by atoms with van der Waals surface area (Å²) in [6.07, 6.45) is 3.47. The van der Waals surface area contributed by atoms with Crippen LogP contribution in [-0.4, -0.2) is 19.0 Å². The maximum absolute atomic E-state index is 13.4. The third-order valence-corrected chi connectivity index (χ3v) is 2.73. The Hall–Kier alpha value is -1.49. The van der Waals surface area contributed by atoms with Crippen molar-refractivity contribution in [2.75, 3.05) is 11.9 Å². The Labute approximate surface area is 98.3 Å². The van der Waals surface area contributed by atoms with Gasteiger partial charge in [-0.25, -0.2) is 8.78 Å². The van der Waals surface area contributed by atoms with Gasteiger partial charge in [-0.2, -0.15) is 0 Å². The van der Waals surface area contributed by atoms with Gasteiger partial charge >= 0.3 is 0 Å². The fraction of sp³-hybridized carbons (Fsp3) is 0.417. The van der Waals surface area contributed by atoms with Crippen LogP contribution >= 0.6 is 0 Å². The highest BCUT2D eigenvalue weighted by Crippen LogP contribution is 2.22. The topological polar surface area (TPSA) is 45.1 Å². The van der Waals surface area contributed by atoms with Gasteiger partial charge in [0, 0.05) is 18.9 Å². The quantitative estimate of drug-likeness (QED) is 0.798. The lowest BCUT2D eigenvalue weighted by Gasteiger charge is -2.25. The van der Waals surface area contributed by atoms with Crippen LogP contribution in [0.1, 0.15) is 24.8 Å². The number of hydrogen-bond acceptors (Lipinski definition) is 3. The van der Waals surface area contributed by atoms with Crippen molar-refractivity contribution in [3.63, 3.8) is 0 Å². The van der Waals surface area contributed by atoms with Crippen molar-refractivity contribution in [1.29, 1.82) is 5.41 Å². The zero-order chi connectivity index (χ0) is 12.3. The van der Waals surface area contributed by atoms with Gasteiger partial charge in [-0.15, -0.1) is 0 Å². The maximum Gasteiger partial charge on any atom is 0.136 e. The first kappa shape index (κ1) is 12.0. The molecule has 17 heavy (non-hydrogen) atoms. The van der Waals surface area contributed by atoms with Crippen LogP contribution in [0, 0.1) is 17.0 Å². The van der Waals surface area contributed by atoms with E-state index in [1.807, 2.05) is 0 Å². The molecule has 5 heteroatoms. The van der Waals surface area contributed by atoms with Crippen molar-refractivity contribution < 1.29 is 13.5 Å². The highest BCUT2D eigenvalue weighted by atomic mass is 19.1. The molecule has 1 fully saturated rings. The summed E-state index contributed by atoms with van der Waals surface area (Å²) in [4.78, 5) is 0. The van der Waals surface area contributed by atoms with E-state index in [2.05, 4.69) is 5.32 Å². The van der Waals surface area contributed by atoms with E-state index in [1.54, 1.807) is 0 Å². The number of hydrogen-bond donors (Lipinski definition) is 2. The van der Waals surface area contributed by atoms with Crippen LogP contribution in [-0.2, 0) is 4.74 Å². The highest BCUT2D eigenvalue weighted by molar-refractivity contribution is 5.86. The molecule has 0 aliphatic carbocycles. The molecule has 1 aromatic rings. The molecule has 0 spiro atoms. The summed E-state index contributed by atoms with van der Waals surface area (Å²) in [7, 11) is 0. The molecule has 1 saturated heterocycles. The second kappa shape index (κ2) is 5.23. The molecular weight excluding hydrogens is 226 g/mol. The molecule has 0 saturated carbocycles. The summed E-state index contributed by atoms with van der Waals surface area (Å²) in [5, 5.41) is 10.1. The maximum atomic E-state index is 13.4. The lowest BCUT2D eigenvalue weighted by molar-refractivity contribution is 0.0343. The Morgan fingerprint density at radius 3 is 2.82 bits per heavy atom. The molecule has 1 heterocycles. The first-order valence-electron chi connectivity index (χ1n) is 5.58. The third-order valence-electron chi connectivity index (χ3n) is 2.73. The smallest absolute Gasteiger partial charge is 0.136 e. The first-order valence-corrected chi connectivity index (χ1v) is 5.58. The molecule has 0 radical (unpaired) electrons. The van der Waals surface area contributed by atoms with Crippen LogP contribution < -0.4 is 5.32 Å². The van der Waals surface area contributed by atoms with E-state index >= 15 is 0 Å². The van der Waals surface area contributed by atoms with Crippen LogP contribution in [0.3, 0.4) is 0 Å². The zero-order valence-corrected chi connectivity index (χ0v) is 9.30. The molecular formula is C12H14F2N2O. The van der Waals surface area contributed by atoms with Crippen molar-refractivity contribution in [1.82, 2.24) is 0 Å². The lowest BCUT2D eigenvalue weighted by atomic mass is 10.1. The first-order chi connectivity index (χ1) is 8.20. The molecule has 1 aromatic carbocycles. The van der Waals surface area contributed by atoms with Gasteiger partial charge in [0.25, 0.3) is 0 Å². The van der Waals surface area contributed by atoms with E-state index < -0.39 is 11.6 Å². The Kier molecular flexibility index (Phi) is 3.68. The minimum Gasteiger partial charge on any atom is -0.359 e. The summed E-state index contributed by atoms with van der Waals surface area (Å²) >= 11 is 0. The van der Waals surface area contributed by atoms with E-state index in [0.717, 1.165) is 31.5 Å². The minimum atomic E-state index is -0.738. The number of anilines is 1. The summed E-state index contributed by atoms with van der Waals surface area (Å²) < 4.78 is 31.9. The van der Waals surface area contributed by atoms with E-state index in [4.69, 9.17) is 10.1 Å². The Morgan fingerprint density at radius 1 is 1.35 bits per heavy atom. The summed E-state index contributed by atoms with van der Waals surface area (Å²) in [6.45, 7) is 0.648. The van der Waals surface area contributed by atoms with Gasteiger partial charge < -0.3 is 15.5 Å².